The van der Waals surface area contributed by atoms with E-state index in [2.05, 4.69) is 40.4 Å². The van der Waals surface area contributed by atoms with Crippen molar-refractivity contribution in [2.45, 2.75) is 6.92 Å². The van der Waals surface area contributed by atoms with Gasteiger partial charge in [0.2, 0.25) is 0 Å². The van der Waals surface area contributed by atoms with Gasteiger partial charge in [0.1, 0.15) is 10.7 Å². The van der Waals surface area contributed by atoms with E-state index in [1.807, 2.05) is 36.4 Å². The molecule has 5 nitrogen and oxygen atoms in total. The van der Waals surface area contributed by atoms with E-state index >= 15 is 0 Å². The minimum absolute atomic E-state index is 0.193. The van der Waals surface area contributed by atoms with E-state index in [1.54, 1.807) is 23.6 Å². The van der Waals surface area contributed by atoms with Crippen molar-refractivity contribution in [3.8, 4) is 10.6 Å². The van der Waals surface area contributed by atoms with Gasteiger partial charge < -0.3 is 10.3 Å². The predicted molar refractivity (Wildman–Crippen MR) is 114 cm³/mol. The molecule has 3 heterocycles. The van der Waals surface area contributed by atoms with E-state index in [4.69, 9.17) is 4.98 Å². The van der Waals surface area contributed by atoms with Gasteiger partial charge in [0, 0.05) is 17.4 Å². The zero-order valence-electron chi connectivity index (χ0n) is 15.1. The SMILES string of the molecule is Cc1ccc2nc(-c3ccc(NC(=O)c4cc5ncccc5[nH]4)cc3)sc2c1. The summed E-state index contributed by atoms with van der Waals surface area (Å²) in [7, 11) is 0. The number of aromatic nitrogens is 3. The molecular weight excluding hydrogens is 368 g/mol. The second-order valence-corrected chi connectivity index (χ2v) is 7.67. The molecule has 3 aromatic heterocycles. The molecule has 0 fully saturated rings. The molecule has 5 rings (SSSR count). The van der Waals surface area contributed by atoms with Crippen molar-refractivity contribution in [1.29, 1.82) is 0 Å². The van der Waals surface area contributed by atoms with Crippen LogP contribution in [0.3, 0.4) is 0 Å². The van der Waals surface area contributed by atoms with E-state index in [0.717, 1.165) is 32.8 Å². The number of hydrogen-bond acceptors (Lipinski definition) is 4. The number of hydrogen-bond donors (Lipinski definition) is 2. The summed E-state index contributed by atoms with van der Waals surface area (Å²) in [6, 6.07) is 19.5. The third kappa shape index (κ3) is 3.04. The number of fused-ring (bicyclic) bond motifs is 2. The van der Waals surface area contributed by atoms with E-state index in [1.165, 1.54) is 10.3 Å². The lowest BCUT2D eigenvalue weighted by atomic mass is 10.2. The van der Waals surface area contributed by atoms with Crippen LogP contribution in [0.4, 0.5) is 5.69 Å². The average Bonchev–Trinajstić information content (AvgIpc) is 3.32. The first kappa shape index (κ1) is 16.6. The lowest BCUT2D eigenvalue weighted by Gasteiger charge is -2.04. The predicted octanol–water partition coefficient (Wildman–Crippen LogP) is 5.40. The van der Waals surface area contributed by atoms with Crippen molar-refractivity contribution in [2.75, 3.05) is 5.32 Å². The summed E-state index contributed by atoms with van der Waals surface area (Å²) in [4.78, 5) is 24.5. The van der Waals surface area contributed by atoms with Crippen LogP contribution in [-0.2, 0) is 0 Å². The molecule has 0 radical (unpaired) electrons. The van der Waals surface area contributed by atoms with E-state index in [9.17, 15) is 4.79 Å². The van der Waals surface area contributed by atoms with Gasteiger partial charge >= 0.3 is 0 Å². The summed E-state index contributed by atoms with van der Waals surface area (Å²) in [6.45, 7) is 2.08. The number of carbonyl (C=O) groups excluding carboxylic acids is 1. The number of amides is 1. The quantitative estimate of drug-likeness (QED) is 0.437. The second kappa shape index (κ2) is 6.58. The highest BCUT2D eigenvalue weighted by molar-refractivity contribution is 7.21. The Bertz CT molecular complexity index is 1280. The molecule has 0 saturated carbocycles. The van der Waals surface area contributed by atoms with Crippen LogP contribution >= 0.6 is 11.3 Å². The first-order valence-corrected chi connectivity index (χ1v) is 9.70. The van der Waals surface area contributed by atoms with Gasteiger partial charge in [-0.3, -0.25) is 9.78 Å². The lowest BCUT2D eigenvalue weighted by molar-refractivity contribution is 0.102. The average molecular weight is 384 g/mol. The van der Waals surface area contributed by atoms with E-state index in [0.29, 0.717) is 5.69 Å². The molecule has 28 heavy (non-hydrogen) atoms. The highest BCUT2D eigenvalue weighted by atomic mass is 32.1. The number of aromatic amines is 1. The third-order valence-corrected chi connectivity index (χ3v) is 5.63. The van der Waals surface area contributed by atoms with Gasteiger partial charge in [0.15, 0.2) is 0 Å². The van der Waals surface area contributed by atoms with Gasteiger partial charge in [-0.2, -0.15) is 0 Å². The van der Waals surface area contributed by atoms with Crippen molar-refractivity contribution < 1.29 is 4.79 Å². The van der Waals surface area contributed by atoms with Crippen LogP contribution in [-0.4, -0.2) is 20.9 Å². The number of rotatable bonds is 3. The molecule has 0 aliphatic carbocycles. The molecule has 136 valence electrons. The minimum Gasteiger partial charge on any atom is -0.349 e. The summed E-state index contributed by atoms with van der Waals surface area (Å²) in [5.74, 6) is -0.193. The number of benzene rings is 2. The van der Waals surface area contributed by atoms with Gasteiger partial charge in [-0.1, -0.05) is 6.07 Å². The molecule has 2 aromatic carbocycles. The van der Waals surface area contributed by atoms with Gasteiger partial charge in [0.05, 0.1) is 21.3 Å². The summed E-state index contributed by atoms with van der Waals surface area (Å²) >= 11 is 1.67. The Labute approximate surface area is 165 Å². The molecule has 0 aliphatic rings. The molecule has 0 unspecified atom stereocenters. The van der Waals surface area contributed by atoms with Crippen LogP contribution in [0, 0.1) is 6.92 Å². The maximum atomic E-state index is 12.5. The normalized spacial score (nSPS) is 11.2. The number of pyridine rings is 1. The highest BCUT2D eigenvalue weighted by Crippen LogP contribution is 2.31. The molecule has 6 heteroatoms. The maximum Gasteiger partial charge on any atom is 0.272 e. The molecule has 5 aromatic rings. The molecular formula is C22H16N4OS. The summed E-state index contributed by atoms with van der Waals surface area (Å²) in [5, 5.41) is 3.89. The lowest BCUT2D eigenvalue weighted by Crippen LogP contribution is -2.12. The molecule has 0 spiro atoms. The number of thiazole rings is 1. The van der Waals surface area contributed by atoms with Crippen molar-refractivity contribution in [2.24, 2.45) is 0 Å². The zero-order chi connectivity index (χ0) is 19.1. The van der Waals surface area contributed by atoms with Crippen LogP contribution in [0.1, 0.15) is 16.1 Å². The number of H-pyrrole nitrogens is 1. The second-order valence-electron chi connectivity index (χ2n) is 6.64. The smallest absolute Gasteiger partial charge is 0.272 e. The molecule has 0 aliphatic heterocycles. The molecule has 0 bridgehead atoms. The van der Waals surface area contributed by atoms with Crippen molar-refractivity contribution in [3.05, 3.63) is 78.1 Å². The van der Waals surface area contributed by atoms with Crippen LogP contribution in [0.25, 0.3) is 31.8 Å². The number of aryl methyl sites for hydroxylation is 1. The summed E-state index contributed by atoms with van der Waals surface area (Å²) in [5.41, 5.74) is 6.11. The van der Waals surface area contributed by atoms with Crippen LogP contribution in [0.2, 0.25) is 0 Å². The first-order chi connectivity index (χ1) is 13.7. The fourth-order valence-electron chi connectivity index (χ4n) is 3.13. The Hall–Kier alpha value is -3.51. The Morgan fingerprint density at radius 1 is 1.04 bits per heavy atom. The van der Waals surface area contributed by atoms with Crippen molar-refractivity contribution in [3.63, 3.8) is 0 Å². The zero-order valence-corrected chi connectivity index (χ0v) is 15.9. The van der Waals surface area contributed by atoms with E-state index < -0.39 is 0 Å². The Morgan fingerprint density at radius 3 is 2.71 bits per heavy atom. The highest BCUT2D eigenvalue weighted by Gasteiger charge is 2.11. The first-order valence-electron chi connectivity index (χ1n) is 8.88. The van der Waals surface area contributed by atoms with Gasteiger partial charge in [-0.25, -0.2) is 4.98 Å². The fourth-order valence-corrected chi connectivity index (χ4v) is 4.20. The number of carbonyl (C=O) groups is 1. The Morgan fingerprint density at radius 2 is 1.89 bits per heavy atom. The molecule has 2 N–H and O–H groups in total. The number of nitrogens with one attached hydrogen (secondary N) is 2. The van der Waals surface area contributed by atoms with Crippen molar-refractivity contribution >= 4 is 44.2 Å². The Balaban J connectivity index is 1.37. The van der Waals surface area contributed by atoms with Crippen LogP contribution in [0.15, 0.2) is 66.9 Å². The molecule has 1 amide bonds. The van der Waals surface area contributed by atoms with Crippen molar-refractivity contribution in [1.82, 2.24) is 15.0 Å². The standard InChI is InChI=1S/C22H16N4OS/c1-13-4-9-17-20(11-13)28-22(26-17)14-5-7-15(8-6-14)24-21(27)19-12-18-16(25-19)3-2-10-23-18/h2-12,25H,1H3,(H,24,27). The topological polar surface area (TPSA) is 70.7 Å². The van der Waals surface area contributed by atoms with Gasteiger partial charge in [-0.05, 0) is 67.1 Å². The molecule has 0 saturated heterocycles. The largest absolute Gasteiger partial charge is 0.349 e. The summed E-state index contributed by atoms with van der Waals surface area (Å²) < 4.78 is 1.18. The summed E-state index contributed by atoms with van der Waals surface area (Å²) in [6.07, 6.45) is 1.71. The fraction of sp³-hybridized carbons (Fsp3) is 0.0455. The Kier molecular flexibility index (Phi) is 3.91. The van der Waals surface area contributed by atoms with Gasteiger partial charge in [-0.15, -0.1) is 11.3 Å². The third-order valence-electron chi connectivity index (χ3n) is 4.57. The van der Waals surface area contributed by atoms with E-state index in [-0.39, 0.29) is 5.91 Å². The van der Waals surface area contributed by atoms with Crippen LogP contribution < -0.4 is 5.32 Å². The minimum atomic E-state index is -0.193. The van der Waals surface area contributed by atoms with Crippen LogP contribution in [0.5, 0.6) is 0 Å². The monoisotopic (exact) mass is 384 g/mol. The number of anilines is 1. The maximum absolute atomic E-state index is 12.5. The van der Waals surface area contributed by atoms with Gasteiger partial charge in [0.25, 0.3) is 5.91 Å². The number of nitrogens with zero attached hydrogens (tertiary/aromatic N) is 2. The molecule has 0 atom stereocenters.